The minimum absolute atomic E-state index is 0.114. The van der Waals surface area contributed by atoms with Crippen molar-refractivity contribution in [1.29, 1.82) is 0 Å². The number of ether oxygens (including phenoxy) is 3. The molecule has 9 heteroatoms. The summed E-state index contributed by atoms with van der Waals surface area (Å²) in [6.45, 7) is 2.34. The van der Waals surface area contributed by atoms with E-state index in [0.29, 0.717) is 50.0 Å². The number of carbonyl (C=O) groups is 1. The van der Waals surface area contributed by atoms with Crippen LogP contribution in [0.4, 0.5) is 0 Å². The number of nitrogens with zero attached hydrogens (tertiary/aromatic N) is 2. The van der Waals surface area contributed by atoms with Crippen LogP contribution in [0.1, 0.15) is 15.9 Å². The lowest BCUT2D eigenvalue weighted by Crippen LogP contribution is -2.50. The van der Waals surface area contributed by atoms with Gasteiger partial charge in [-0.05, 0) is 42.0 Å². The van der Waals surface area contributed by atoms with Crippen molar-refractivity contribution >= 4 is 15.9 Å². The number of benzene rings is 3. The van der Waals surface area contributed by atoms with Gasteiger partial charge in [-0.25, -0.2) is 8.42 Å². The van der Waals surface area contributed by atoms with Crippen molar-refractivity contribution in [2.45, 2.75) is 11.5 Å². The number of hydrogen-bond donors (Lipinski definition) is 0. The average molecular weight is 495 g/mol. The molecule has 0 saturated carbocycles. The number of carbonyl (C=O) groups excluding carboxylic acids is 1. The van der Waals surface area contributed by atoms with Crippen LogP contribution in [0.3, 0.4) is 0 Å². The second-order valence-electron chi connectivity index (χ2n) is 8.30. The number of rotatable bonds is 6. The second kappa shape index (κ2) is 9.97. The quantitative estimate of drug-likeness (QED) is 0.523. The lowest BCUT2D eigenvalue weighted by molar-refractivity contribution is 0.0698. The van der Waals surface area contributed by atoms with Crippen molar-refractivity contribution < 1.29 is 27.4 Å². The van der Waals surface area contributed by atoms with Crippen LogP contribution in [0.5, 0.6) is 17.2 Å². The molecule has 0 aromatic heterocycles. The fourth-order valence-corrected chi connectivity index (χ4v) is 5.51. The normalized spacial score (nSPS) is 16.1. The van der Waals surface area contributed by atoms with Gasteiger partial charge in [0, 0.05) is 37.8 Å². The molecule has 1 amide bonds. The van der Waals surface area contributed by atoms with E-state index in [9.17, 15) is 13.2 Å². The number of fused-ring (bicyclic) bond motifs is 1. The average Bonchev–Trinajstić information content (AvgIpc) is 2.92. The second-order valence-corrected chi connectivity index (χ2v) is 10.2. The van der Waals surface area contributed by atoms with Gasteiger partial charge in [0.2, 0.25) is 10.0 Å². The zero-order valence-electron chi connectivity index (χ0n) is 19.1. The molecule has 0 atom stereocenters. The van der Waals surface area contributed by atoms with Gasteiger partial charge in [-0.2, -0.15) is 4.31 Å². The van der Waals surface area contributed by atoms with Gasteiger partial charge in [0.05, 0.1) is 4.90 Å². The van der Waals surface area contributed by atoms with E-state index in [-0.39, 0.29) is 23.9 Å². The molecule has 0 aliphatic carbocycles. The Balaban J connectivity index is 1.18. The molecule has 0 bridgehead atoms. The van der Waals surface area contributed by atoms with Crippen molar-refractivity contribution in [2.75, 3.05) is 39.4 Å². The van der Waals surface area contributed by atoms with E-state index in [0.717, 1.165) is 11.3 Å². The van der Waals surface area contributed by atoms with Gasteiger partial charge in [0.15, 0.2) is 11.5 Å². The van der Waals surface area contributed by atoms with Crippen molar-refractivity contribution in [3.63, 3.8) is 0 Å². The van der Waals surface area contributed by atoms with Crippen molar-refractivity contribution in [3.05, 3.63) is 83.9 Å². The minimum Gasteiger partial charge on any atom is -0.489 e. The summed E-state index contributed by atoms with van der Waals surface area (Å²) in [4.78, 5) is 14.8. The SMILES string of the molecule is O=C(c1ccc(COc2ccccc2)cc1)N1CCN(S(=O)(=O)c2ccc3c(c2)OCCO3)CC1. The van der Waals surface area contributed by atoms with Crippen LogP contribution in [-0.4, -0.2) is 62.9 Å². The molecule has 182 valence electrons. The van der Waals surface area contributed by atoms with Crippen LogP contribution in [0.2, 0.25) is 0 Å². The predicted molar refractivity (Wildman–Crippen MR) is 129 cm³/mol. The van der Waals surface area contributed by atoms with E-state index in [2.05, 4.69) is 0 Å². The first-order valence-corrected chi connectivity index (χ1v) is 12.9. The number of piperazine rings is 1. The highest BCUT2D eigenvalue weighted by atomic mass is 32.2. The summed E-state index contributed by atoms with van der Waals surface area (Å²) in [6.07, 6.45) is 0. The van der Waals surface area contributed by atoms with E-state index in [1.165, 1.54) is 16.4 Å². The van der Waals surface area contributed by atoms with Gasteiger partial charge in [-0.15, -0.1) is 0 Å². The van der Waals surface area contributed by atoms with Crippen molar-refractivity contribution in [2.24, 2.45) is 0 Å². The molecule has 2 heterocycles. The minimum atomic E-state index is -3.70. The highest BCUT2D eigenvalue weighted by Crippen LogP contribution is 2.33. The lowest BCUT2D eigenvalue weighted by Gasteiger charge is -2.34. The highest BCUT2D eigenvalue weighted by Gasteiger charge is 2.31. The van der Waals surface area contributed by atoms with Crippen LogP contribution >= 0.6 is 0 Å². The topological polar surface area (TPSA) is 85.4 Å². The van der Waals surface area contributed by atoms with E-state index in [1.807, 2.05) is 42.5 Å². The third-order valence-electron chi connectivity index (χ3n) is 6.03. The summed E-state index contributed by atoms with van der Waals surface area (Å²) < 4.78 is 44.4. The molecule has 0 spiro atoms. The number of hydrogen-bond acceptors (Lipinski definition) is 6. The van der Waals surface area contributed by atoms with Gasteiger partial charge < -0.3 is 19.1 Å². The molecule has 3 aromatic rings. The summed E-state index contributed by atoms with van der Waals surface area (Å²) in [6, 6.07) is 21.5. The maximum absolute atomic E-state index is 13.1. The first-order valence-electron chi connectivity index (χ1n) is 11.5. The van der Waals surface area contributed by atoms with E-state index >= 15 is 0 Å². The Kier molecular flexibility index (Phi) is 6.61. The number of amides is 1. The Hall–Kier alpha value is -3.56. The summed E-state index contributed by atoms with van der Waals surface area (Å²) in [7, 11) is -3.70. The Morgan fingerprint density at radius 2 is 1.51 bits per heavy atom. The van der Waals surface area contributed by atoms with Gasteiger partial charge in [-0.3, -0.25) is 4.79 Å². The van der Waals surface area contributed by atoms with Crippen LogP contribution in [0, 0.1) is 0 Å². The number of sulfonamides is 1. The van der Waals surface area contributed by atoms with Crippen LogP contribution in [0.25, 0.3) is 0 Å². The van der Waals surface area contributed by atoms with Crippen LogP contribution in [0.15, 0.2) is 77.7 Å². The molecule has 0 radical (unpaired) electrons. The Morgan fingerprint density at radius 1 is 0.829 bits per heavy atom. The van der Waals surface area contributed by atoms with Gasteiger partial charge in [0.1, 0.15) is 25.6 Å². The third kappa shape index (κ3) is 5.11. The lowest BCUT2D eigenvalue weighted by atomic mass is 10.1. The molecule has 3 aromatic carbocycles. The Bertz CT molecular complexity index is 1290. The van der Waals surface area contributed by atoms with Gasteiger partial charge >= 0.3 is 0 Å². The largest absolute Gasteiger partial charge is 0.489 e. The van der Waals surface area contributed by atoms with E-state index in [4.69, 9.17) is 14.2 Å². The molecule has 2 aliphatic heterocycles. The van der Waals surface area contributed by atoms with E-state index in [1.54, 1.807) is 23.1 Å². The number of para-hydroxylation sites is 1. The molecule has 35 heavy (non-hydrogen) atoms. The van der Waals surface area contributed by atoms with Crippen molar-refractivity contribution in [1.82, 2.24) is 9.21 Å². The predicted octanol–water partition coefficient (Wildman–Crippen LogP) is 3.18. The first kappa shape index (κ1) is 23.2. The standard InChI is InChI=1S/C26H26N2O6S/c29-26(21-8-6-20(7-9-21)19-34-22-4-2-1-3-5-22)27-12-14-28(15-13-27)35(30,31)23-10-11-24-25(18-23)33-17-16-32-24/h1-11,18H,12-17,19H2. The molecule has 8 nitrogen and oxygen atoms in total. The monoisotopic (exact) mass is 494 g/mol. The fourth-order valence-electron chi connectivity index (χ4n) is 4.07. The molecule has 0 N–H and O–H groups in total. The molecule has 5 rings (SSSR count). The maximum atomic E-state index is 13.1. The summed E-state index contributed by atoms with van der Waals surface area (Å²) >= 11 is 0. The molecule has 1 fully saturated rings. The van der Waals surface area contributed by atoms with Crippen LogP contribution < -0.4 is 14.2 Å². The molecule has 1 saturated heterocycles. The maximum Gasteiger partial charge on any atom is 0.253 e. The summed E-state index contributed by atoms with van der Waals surface area (Å²) in [5, 5.41) is 0. The zero-order chi connectivity index (χ0) is 24.3. The summed E-state index contributed by atoms with van der Waals surface area (Å²) in [5.41, 5.74) is 1.53. The Labute approximate surface area is 204 Å². The van der Waals surface area contributed by atoms with Crippen LogP contribution in [-0.2, 0) is 16.6 Å². The van der Waals surface area contributed by atoms with Gasteiger partial charge in [0.25, 0.3) is 5.91 Å². The third-order valence-corrected chi connectivity index (χ3v) is 7.92. The summed E-state index contributed by atoms with van der Waals surface area (Å²) in [5.74, 6) is 1.65. The fraction of sp³-hybridized carbons (Fsp3) is 0.269. The smallest absolute Gasteiger partial charge is 0.253 e. The first-order chi connectivity index (χ1) is 17.0. The highest BCUT2D eigenvalue weighted by molar-refractivity contribution is 7.89. The Morgan fingerprint density at radius 3 is 2.23 bits per heavy atom. The van der Waals surface area contributed by atoms with Gasteiger partial charge in [-0.1, -0.05) is 30.3 Å². The molecular formula is C26H26N2O6S. The zero-order valence-corrected chi connectivity index (χ0v) is 19.9. The molecule has 2 aliphatic rings. The molecule has 0 unspecified atom stereocenters. The van der Waals surface area contributed by atoms with Crippen molar-refractivity contribution in [3.8, 4) is 17.2 Å². The molecular weight excluding hydrogens is 468 g/mol. The van der Waals surface area contributed by atoms with E-state index < -0.39 is 10.0 Å².